The summed E-state index contributed by atoms with van der Waals surface area (Å²) in [6, 6.07) is 9.75. The number of rotatable bonds is 2. The maximum atomic E-state index is 5.71. The number of para-hydroxylation sites is 1. The van der Waals surface area contributed by atoms with Gasteiger partial charge in [0.2, 0.25) is 11.7 Å². The third kappa shape index (κ3) is 1.82. The van der Waals surface area contributed by atoms with Gasteiger partial charge in [-0.2, -0.15) is 4.98 Å². The maximum absolute atomic E-state index is 5.71. The second-order valence-corrected chi connectivity index (χ2v) is 4.67. The lowest BCUT2D eigenvalue weighted by Crippen LogP contribution is -1.97. The van der Waals surface area contributed by atoms with E-state index in [2.05, 4.69) is 10.1 Å². The molecule has 1 atom stereocenters. The van der Waals surface area contributed by atoms with Gasteiger partial charge in [-0.05, 0) is 18.6 Å². The smallest absolute Gasteiger partial charge is 0.238 e. The summed E-state index contributed by atoms with van der Waals surface area (Å²) in [7, 11) is 0. The highest BCUT2D eigenvalue weighted by Crippen LogP contribution is 2.29. The number of benzene rings is 1. The normalized spacial score (nSPS) is 19.3. The molecule has 2 aromatic heterocycles. The number of hydrogen-bond acceptors (Lipinski definition) is 5. The number of furan rings is 1. The van der Waals surface area contributed by atoms with Crippen LogP contribution in [0.2, 0.25) is 0 Å². The van der Waals surface area contributed by atoms with Crippen molar-refractivity contribution in [2.45, 2.75) is 12.3 Å². The molecule has 0 spiro atoms. The van der Waals surface area contributed by atoms with Gasteiger partial charge in [0.05, 0.1) is 12.5 Å². The van der Waals surface area contributed by atoms with E-state index in [1.54, 1.807) is 0 Å². The molecule has 5 nitrogen and oxygen atoms in total. The van der Waals surface area contributed by atoms with Crippen LogP contribution in [-0.2, 0) is 4.74 Å². The standard InChI is InChI=1S/C14H12N2O3/c1-2-4-11-9(3-1)7-12(18-11)13-15-14(19-16-13)10-5-6-17-8-10/h1-4,7,10H,5-6,8H2/t10-/m0/s1. The Kier molecular flexibility index (Phi) is 2.38. The molecule has 96 valence electrons. The Bertz CT molecular complexity index is 677. The van der Waals surface area contributed by atoms with Crippen molar-refractivity contribution in [1.29, 1.82) is 0 Å². The average molecular weight is 256 g/mol. The molecule has 0 bridgehead atoms. The summed E-state index contributed by atoms with van der Waals surface area (Å²) >= 11 is 0. The molecule has 1 aliphatic rings. The van der Waals surface area contributed by atoms with Crippen molar-refractivity contribution in [2.24, 2.45) is 0 Å². The number of fused-ring (bicyclic) bond motifs is 1. The monoisotopic (exact) mass is 256 g/mol. The first-order valence-corrected chi connectivity index (χ1v) is 6.30. The highest BCUT2D eigenvalue weighted by molar-refractivity contribution is 5.81. The van der Waals surface area contributed by atoms with Crippen LogP contribution in [0.3, 0.4) is 0 Å². The maximum Gasteiger partial charge on any atom is 0.238 e. The first-order chi connectivity index (χ1) is 9.40. The zero-order valence-electron chi connectivity index (χ0n) is 10.2. The van der Waals surface area contributed by atoms with E-state index in [1.165, 1.54) is 0 Å². The van der Waals surface area contributed by atoms with Crippen molar-refractivity contribution >= 4 is 11.0 Å². The van der Waals surface area contributed by atoms with E-state index in [1.807, 2.05) is 30.3 Å². The van der Waals surface area contributed by atoms with Crippen LogP contribution in [0.4, 0.5) is 0 Å². The van der Waals surface area contributed by atoms with E-state index in [-0.39, 0.29) is 5.92 Å². The van der Waals surface area contributed by atoms with Gasteiger partial charge < -0.3 is 13.7 Å². The Balaban J connectivity index is 1.71. The molecule has 0 unspecified atom stereocenters. The molecule has 1 saturated heterocycles. The minimum absolute atomic E-state index is 0.214. The summed E-state index contributed by atoms with van der Waals surface area (Å²) in [6.07, 6.45) is 0.932. The Hall–Kier alpha value is -2.14. The van der Waals surface area contributed by atoms with Crippen molar-refractivity contribution in [2.75, 3.05) is 13.2 Å². The van der Waals surface area contributed by atoms with Crippen LogP contribution in [0.5, 0.6) is 0 Å². The van der Waals surface area contributed by atoms with Gasteiger partial charge in [-0.25, -0.2) is 0 Å². The fourth-order valence-corrected chi connectivity index (χ4v) is 2.32. The molecule has 0 saturated carbocycles. The van der Waals surface area contributed by atoms with Crippen LogP contribution in [0.1, 0.15) is 18.2 Å². The van der Waals surface area contributed by atoms with Crippen LogP contribution in [0.15, 0.2) is 39.3 Å². The van der Waals surface area contributed by atoms with Crippen molar-refractivity contribution < 1.29 is 13.7 Å². The van der Waals surface area contributed by atoms with Gasteiger partial charge in [0.25, 0.3) is 0 Å². The van der Waals surface area contributed by atoms with Crippen molar-refractivity contribution in [3.63, 3.8) is 0 Å². The molecule has 0 amide bonds. The predicted molar refractivity (Wildman–Crippen MR) is 67.7 cm³/mol. The van der Waals surface area contributed by atoms with Crippen LogP contribution in [0.25, 0.3) is 22.6 Å². The van der Waals surface area contributed by atoms with Gasteiger partial charge in [-0.1, -0.05) is 23.4 Å². The van der Waals surface area contributed by atoms with Crippen molar-refractivity contribution in [3.05, 3.63) is 36.2 Å². The van der Waals surface area contributed by atoms with Crippen molar-refractivity contribution in [3.8, 4) is 11.6 Å². The molecule has 19 heavy (non-hydrogen) atoms. The van der Waals surface area contributed by atoms with E-state index >= 15 is 0 Å². The molecule has 0 N–H and O–H groups in total. The molecule has 5 heteroatoms. The molecule has 1 aliphatic heterocycles. The first-order valence-electron chi connectivity index (χ1n) is 6.30. The fraction of sp³-hybridized carbons (Fsp3) is 0.286. The zero-order valence-corrected chi connectivity index (χ0v) is 10.2. The predicted octanol–water partition coefficient (Wildman–Crippen LogP) is 2.99. The Labute approximate surface area is 109 Å². The van der Waals surface area contributed by atoms with Crippen molar-refractivity contribution in [1.82, 2.24) is 10.1 Å². The fourth-order valence-electron chi connectivity index (χ4n) is 2.32. The quantitative estimate of drug-likeness (QED) is 0.705. The minimum Gasteiger partial charge on any atom is -0.453 e. The molecule has 1 aromatic carbocycles. The van der Waals surface area contributed by atoms with Gasteiger partial charge >= 0.3 is 0 Å². The molecule has 3 aromatic rings. The third-order valence-electron chi connectivity index (χ3n) is 3.37. The number of ether oxygens (including phenoxy) is 1. The molecule has 0 radical (unpaired) electrons. The van der Waals surface area contributed by atoms with E-state index in [9.17, 15) is 0 Å². The van der Waals surface area contributed by atoms with Gasteiger partial charge in [0.1, 0.15) is 5.58 Å². The summed E-state index contributed by atoms with van der Waals surface area (Å²) in [4.78, 5) is 4.41. The molecular weight excluding hydrogens is 244 g/mol. The van der Waals surface area contributed by atoms with E-state index < -0.39 is 0 Å². The molecule has 0 aliphatic carbocycles. The largest absolute Gasteiger partial charge is 0.453 e. The highest BCUT2D eigenvalue weighted by Gasteiger charge is 2.24. The van der Waals surface area contributed by atoms with E-state index in [4.69, 9.17) is 13.7 Å². The van der Waals surface area contributed by atoms with Crippen LogP contribution < -0.4 is 0 Å². The molecule has 4 rings (SSSR count). The molecule has 3 heterocycles. The molecule has 1 fully saturated rings. The van der Waals surface area contributed by atoms with Gasteiger partial charge in [-0.3, -0.25) is 0 Å². The highest BCUT2D eigenvalue weighted by atomic mass is 16.5. The lowest BCUT2D eigenvalue weighted by atomic mass is 10.1. The van der Waals surface area contributed by atoms with Crippen LogP contribution >= 0.6 is 0 Å². The third-order valence-corrected chi connectivity index (χ3v) is 3.37. The lowest BCUT2D eigenvalue weighted by Gasteiger charge is -1.97. The number of aromatic nitrogens is 2. The first kappa shape index (κ1) is 10.8. The second kappa shape index (κ2) is 4.20. The van der Waals surface area contributed by atoms with Gasteiger partial charge in [0.15, 0.2) is 5.76 Å². The SMILES string of the molecule is c1ccc2oc(-c3noc([C@H]4CCOC4)n3)cc2c1. The number of hydrogen-bond donors (Lipinski definition) is 0. The van der Waals surface area contributed by atoms with Gasteiger partial charge in [-0.15, -0.1) is 0 Å². The molecular formula is C14H12N2O3. The second-order valence-electron chi connectivity index (χ2n) is 4.67. The topological polar surface area (TPSA) is 61.3 Å². The summed E-state index contributed by atoms with van der Waals surface area (Å²) in [5, 5.41) is 5.03. The summed E-state index contributed by atoms with van der Waals surface area (Å²) in [5.74, 6) is 1.98. The Morgan fingerprint density at radius 2 is 2.16 bits per heavy atom. The Morgan fingerprint density at radius 3 is 3.00 bits per heavy atom. The summed E-state index contributed by atoms with van der Waals surface area (Å²) in [6.45, 7) is 1.41. The average Bonchev–Trinajstić information content (AvgIpc) is 3.17. The Morgan fingerprint density at radius 1 is 1.21 bits per heavy atom. The minimum atomic E-state index is 0.214. The summed E-state index contributed by atoms with van der Waals surface area (Å²) in [5.41, 5.74) is 0.827. The van der Waals surface area contributed by atoms with Crippen LogP contribution in [0, 0.1) is 0 Å². The number of nitrogens with zero attached hydrogens (tertiary/aromatic N) is 2. The van der Waals surface area contributed by atoms with Gasteiger partial charge in [0, 0.05) is 12.0 Å². The summed E-state index contributed by atoms with van der Waals surface area (Å²) < 4.78 is 16.3. The van der Waals surface area contributed by atoms with Crippen LogP contribution in [-0.4, -0.2) is 23.4 Å². The lowest BCUT2D eigenvalue weighted by molar-refractivity contribution is 0.189. The zero-order chi connectivity index (χ0) is 12.7. The van der Waals surface area contributed by atoms with E-state index in [0.29, 0.717) is 24.1 Å². The van der Waals surface area contributed by atoms with E-state index in [0.717, 1.165) is 24.0 Å².